The summed E-state index contributed by atoms with van der Waals surface area (Å²) in [6.07, 6.45) is 0.0489. The van der Waals surface area contributed by atoms with Gasteiger partial charge in [0.05, 0.1) is 31.4 Å². The lowest BCUT2D eigenvalue weighted by molar-refractivity contribution is -0.121. The average molecular weight is 358 g/mol. The number of halogens is 1. The molecule has 1 aliphatic rings. The van der Waals surface area contributed by atoms with Crippen LogP contribution in [0.2, 0.25) is 0 Å². The minimum absolute atomic E-state index is 0.0489. The van der Waals surface area contributed by atoms with E-state index in [0.29, 0.717) is 5.56 Å². The van der Waals surface area contributed by atoms with Crippen molar-refractivity contribution in [1.82, 2.24) is 9.62 Å². The Hall–Kier alpha value is -1.51. The Bertz CT molecular complexity index is 706. The van der Waals surface area contributed by atoms with Crippen LogP contribution in [0.15, 0.2) is 18.2 Å². The molecule has 134 valence electrons. The van der Waals surface area contributed by atoms with Crippen molar-refractivity contribution in [2.24, 2.45) is 5.92 Å². The zero-order chi connectivity index (χ0) is 17.9. The molecule has 1 heterocycles. The molecule has 0 unspecified atom stereocenters. The van der Waals surface area contributed by atoms with Gasteiger partial charge < -0.3 is 10.1 Å². The molecule has 2 atom stereocenters. The van der Waals surface area contributed by atoms with Crippen LogP contribution in [-0.2, 0) is 26.0 Å². The SMILES string of the molecule is Cc1ccc(F)cc1CC(=O)N[C@H]1COC[C@H]1CS(=O)(=O)N(C)C. The van der Waals surface area contributed by atoms with Crippen LogP contribution in [0.4, 0.5) is 4.39 Å². The van der Waals surface area contributed by atoms with Gasteiger partial charge in [-0.1, -0.05) is 6.07 Å². The lowest BCUT2D eigenvalue weighted by atomic mass is 10.0. The molecule has 24 heavy (non-hydrogen) atoms. The number of ether oxygens (including phenoxy) is 1. The van der Waals surface area contributed by atoms with Crippen LogP contribution in [0, 0.1) is 18.7 Å². The summed E-state index contributed by atoms with van der Waals surface area (Å²) in [5.41, 5.74) is 1.45. The first-order chi connectivity index (χ1) is 11.2. The molecule has 0 aliphatic carbocycles. The predicted octanol–water partition coefficient (Wildman–Crippen LogP) is 0.699. The van der Waals surface area contributed by atoms with Gasteiger partial charge in [0, 0.05) is 20.0 Å². The van der Waals surface area contributed by atoms with E-state index >= 15 is 0 Å². The third-order valence-corrected chi connectivity index (χ3v) is 6.15. The molecule has 0 saturated carbocycles. The number of carbonyl (C=O) groups excluding carboxylic acids is 1. The first kappa shape index (κ1) is 18.8. The Morgan fingerprint density at radius 2 is 2.08 bits per heavy atom. The number of nitrogens with one attached hydrogen (secondary N) is 1. The zero-order valence-electron chi connectivity index (χ0n) is 14.1. The van der Waals surface area contributed by atoms with Crippen molar-refractivity contribution in [3.05, 3.63) is 35.1 Å². The van der Waals surface area contributed by atoms with Gasteiger partial charge in [-0.15, -0.1) is 0 Å². The van der Waals surface area contributed by atoms with E-state index in [0.717, 1.165) is 5.56 Å². The molecule has 2 rings (SSSR count). The summed E-state index contributed by atoms with van der Waals surface area (Å²) < 4.78 is 43.8. The van der Waals surface area contributed by atoms with Crippen LogP contribution in [0.25, 0.3) is 0 Å². The van der Waals surface area contributed by atoms with Crippen LogP contribution in [0.1, 0.15) is 11.1 Å². The zero-order valence-corrected chi connectivity index (χ0v) is 14.9. The number of rotatable bonds is 6. The standard InChI is InChI=1S/C16H23FN2O4S/c1-11-4-5-14(17)6-12(11)7-16(20)18-15-9-23-8-13(15)10-24(21,22)19(2)3/h4-6,13,15H,7-10H2,1-3H3,(H,18,20)/t13-,15-/m0/s1. The molecule has 0 radical (unpaired) electrons. The van der Waals surface area contributed by atoms with Gasteiger partial charge in [-0.05, 0) is 30.2 Å². The molecule has 1 amide bonds. The minimum Gasteiger partial charge on any atom is -0.379 e. The van der Waals surface area contributed by atoms with E-state index in [1.54, 1.807) is 6.07 Å². The Morgan fingerprint density at radius 1 is 1.38 bits per heavy atom. The topological polar surface area (TPSA) is 75.7 Å². The molecule has 1 N–H and O–H groups in total. The summed E-state index contributed by atoms with van der Waals surface area (Å²) >= 11 is 0. The van der Waals surface area contributed by atoms with Crippen molar-refractivity contribution < 1.29 is 22.3 Å². The number of hydrogen-bond acceptors (Lipinski definition) is 4. The van der Waals surface area contributed by atoms with Gasteiger partial charge in [-0.2, -0.15) is 0 Å². The first-order valence-electron chi connectivity index (χ1n) is 7.71. The van der Waals surface area contributed by atoms with Gasteiger partial charge in [-0.3, -0.25) is 4.79 Å². The van der Waals surface area contributed by atoms with Gasteiger partial charge in [0.1, 0.15) is 5.82 Å². The highest BCUT2D eigenvalue weighted by molar-refractivity contribution is 7.89. The van der Waals surface area contributed by atoms with Crippen LogP contribution in [-0.4, -0.2) is 57.7 Å². The van der Waals surface area contributed by atoms with Crippen LogP contribution in [0.3, 0.4) is 0 Å². The monoisotopic (exact) mass is 358 g/mol. The fraction of sp³-hybridized carbons (Fsp3) is 0.562. The van der Waals surface area contributed by atoms with Crippen molar-refractivity contribution in [3.8, 4) is 0 Å². The number of sulfonamides is 1. The maximum absolute atomic E-state index is 13.3. The molecule has 0 spiro atoms. The Balaban J connectivity index is 1.99. The number of hydrogen-bond donors (Lipinski definition) is 1. The van der Waals surface area contributed by atoms with Crippen molar-refractivity contribution in [3.63, 3.8) is 0 Å². The van der Waals surface area contributed by atoms with Gasteiger partial charge in [0.25, 0.3) is 0 Å². The van der Waals surface area contributed by atoms with E-state index in [1.807, 2.05) is 6.92 Å². The van der Waals surface area contributed by atoms with Gasteiger partial charge in [0.2, 0.25) is 15.9 Å². The maximum atomic E-state index is 13.3. The molecular formula is C16H23FN2O4S. The number of benzene rings is 1. The van der Waals surface area contributed by atoms with Gasteiger partial charge in [-0.25, -0.2) is 17.1 Å². The second-order valence-corrected chi connectivity index (χ2v) is 8.51. The maximum Gasteiger partial charge on any atom is 0.224 e. The van der Waals surface area contributed by atoms with E-state index in [2.05, 4.69) is 5.32 Å². The molecule has 1 aliphatic heterocycles. The molecule has 1 saturated heterocycles. The van der Waals surface area contributed by atoms with Crippen LogP contribution < -0.4 is 5.32 Å². The van der Waals surface area contributed by atoms with E-state index in [-0.39, 0.29) is 49.1 Å². The Morgan fingerprint density at radius 3 is 2.75 bits per heavy atom. The Labute approximate surface area is 142 Å². The summed E-state index contributed by atoms with van der Waals surface area (Å²) in [4.78, 5) is 12.2. The highest BCUT2D eigenvalue weighted by atomic mass is 32.2. The fourth-order valence-electron chi connectivity index (χ4n) is 2.60. The van der Waals surface area contributed by atoms with Crippen molar-refractivity contribution >= 4 is 15.9 Å². The minimum atomic E-state index is -3.37. The van der Waals surface area contributed by atoms with E-state index < -0.39 is 10.0 Å². The second-order valence-electron chi connectivity index (χ2n) is 6.28. The third-order valence-electron chi connectivity index (χ3n) is 4.19. The van der Waals surface area contributed by atoms with Crippen molar-refractivity contribution in [2.45, 2.75) is 19.4 Å². The molecule has 8 heteroatoms. The largest absolute Gasteiger partial charge is 0.379 e. The van der Waals surface area contributed by atoms with Gasteiger partial charge in [0.15, 0.2) is 0 Å². The fourth-order valence-corrected chi connectivity index (χ4v) is 3.77. The number of nitrogens with zero attached hydrogens (tertiary/aromatic N) is 1. The molecule has 0 aromatic heterocycles. The molecule has 1 aromatic carbocycles. The van der Waals surface area contributed by atoms with Gasteiger partial charge >= 0.3 is 0 Å². The van der Waals surface area contributed by atoms with E-state index in [4.69, 9.17) is 4.74 Å². The molecule has 1 aromatic rings. The quantitative estimate of drug-likeness (QED) is 0.812. The smallest absolute Gasteiger partial charge is 0.224 e. The van der Waals surface area contributed by atoms with Crippen molar-refractivity contribution in [1.29, 1.82) is 0 Å². The summed E-state index contributed by atoms with van der Waals surface area (Å²) in [7, 11) is -0.414. The first-order valence-corrected chi connectivity index (χ1v) is 9.32. The molecule has 0 bridgehead atoms. The highest BCUT2D eigenvalue weighted by Crippen LogP contribution is 2.18. The van der Waals surface area contributed by atoms with E-state index in [9.17, 15) is 17.6 Å². The highest BCUT2D eigenvalue weighted by Gasteiger charge is 2.34. The summed E-state index contributed by atoms with van der Waals surface area (Å²) in [5, 5.41) is 2.82. The normalized spacial score (nSPS) is 21.2. The molecule has 6 nitrogen and oxygen atoms in total. The number of aryl methyl sites for hydroxylation is 1. The molecular weight excluding hydrogens is 335 g/mol. The summed E-state index contributed by atoms with van der Waals surface area (Å²) in [6, 6.07) is 3.96. The Kier molecular flexibility index (Phi) is 5.95. The summed E-state index contributed by atoms with van der Waals surface area (Å²) in [6.45, 7) is 2.38. The average Bonchev–Trinajstić information content (AvgIpc) is 2.89. The van der Waals surface area contributed by atoms with E-state index in [1.165, 1.54) is 30.5 Å². The summed E-state index contributed by atoms with van der Waals surface area (Å²) in [5.74, 6) is -1.03. The predicted molar refractivity (Wildman–Crippen MR) is 88.6 cm³/mol. The molecule has 1 fully saturated rings. The van der Waals surface area contributed by atoms with Crippen LogP contribution in [0.5, 0.6) is 0 Å². The van der Waals surface area contributed by atoms with Crippen molar-refractivity contribution in [2.75, 3.05) is 33.1 Å². The third kappa shape index (κ3) is 4.75. The second kappa shape index (κ2) is 7.58. The lowest BCUT2D eigenvalue weighted by Crippen LogP contribution is -2.44. The number of amides is 1. The lowest BCUT2D eigenvalue weighted by Gasteiger charge is -2.21. The van der Waals surface area contributed by atoms with Crippen LogP contribution >= 0.6 is 0 Å². The number of carbonyl (C=O) groups is 1.